The van der Waals surface area contributed by atoms with Gasteiger partial charge in [0, 0.05) is 44.6 Å². The summed E-state index contributed by atoms with van der Waals surface area (Å²) in [5, 5.41) is 4.81. The highest BCUT2D eigenvalue weighted by Crippen LogP contribution is 2.51. The fourth-order valence-corrected chi connectivity index (χ4v) is 9.29. The second kappa shape index (κ2) is 13.6. The maximum absolute atomic E-state index is 5.23. The Hall–Kier alpha value is -7.37. The van der Waals surface area contributed by atoms with E-state index in [-0.39, 0.29) is 5.41 Å². The number of allylic oxidation sites excluding steroid dienone is 4. The van der Waals surface area contributed by atoms with Crippen molar-refractivity contribution in [2.45, 2.75) is 32.6 Å². The van der Waals surface area contributed by atoms with Crippen LogP contribution in [0.3, 0.4) is 0 Å². The first-order chi connectivity index (χ1) is 29.0. The molecule has 0 aliphatic heterocycles. The first kappa shape index (κ1) is 34.8. The summed E-state index contributed by atoms with van der Waals surface area (Å²) in [4.78, 5) is 15.4. The molecule has 1 aliphatic carbocycles. The lowest BCUT2D eigenvalue weighted by Crippen LogP contribution is -2.14. The van der Waals surface area contributed by atoms with Crippen LogP contribution in [0.2, 0.25) is 0 Å². The van der Waals surface area contributed by atoms with Gasteiger partial charge in [-0.2, -0.15) is 9.97 Å². The van der Waals surface area contributed by atoms with Gasteiger partial charge in [0.15, 0.2) is 5.82 Å². The van der Waals surface area contributed by atoms with Gasteiger partial charge in [-0.05, 0) is 94.9 Å². The number of aromatic nitrogens is 5. The number of benzene rings is 7. The van der Waals surface area contributed by atoms with Crippen LogP contribution in [0.1, 0.15) is 37.7 Å². The van der Waals surface area contributed by atoms with Gasteiger partial charge >= 0.3 is 0 Å². The van der Waals surface area contributed by atoms with Crippen LogP contribution >= 0.6 is 0 Å². The molecule has 3 aromatic heterocycles. The topological polar surface area (TPSA) is 48.5 Å². The zero-order valence-electron chi connectivity index (χ0n) is 33.3. The summed E-state index contributed by atoms with van der Waals surface area (Å²) in [6.07, 6.45) is 8.79. The Morgan fingerprint density at radius 1 is 0.492 bits per heavy atom. The van der Waals surface area contributed by atoms with Crippen molar-refractivity contribution in [2.75, 3.05) is 0 Å². The smallest absolute Gasteiger partial charge is 0.238 e. The lowest BCUT2D eigenvalue weighted by atomic mass is 9.82. The standard InChI is InChI=1S/C54H41N5/c1-4-5-6-13-26-51-55-52(35-18-9-7-10-19-35)57-53(56-51)59-49-30-28-37(32-43(49)44-33-46-41(34-50(44)59)39-22-14-16-24-45(39)54(46,2)3)36-27-29-48-42(31-36)40-23-15-17-25-47(40)58(48)38-20-11-8-12-21-38/h4-25,27-34H,26H2,1-3H3/b5-4-,13-6-. The highest BCUT2D eigenvalue weighted by atomic mass is 15.2. The summed E-state index contributed by atoms with van der Waals surface area (Å²) in [7, 11) is 0. The van der Waals surface area contributed by atoms with Gasteiger partial charge in [0.25, 0.3) is 0 Å². The summed E-state index contributed by atoms with van der Waals surface area (Å²) in [5.74, 6) is 1.99. The number of hydrogen-bond acceptors (Lipinski definition) is 3. The summed E-state index contributed by atoms with van der Waals surface area (Å²) < 4.78 is 4.63. The van der Waals surface area contributed by atoms with Crippen molar-refractivity contribution in [3.63, 3.8) is 0 Å². The maximum atomic E-state index is 5.23. The Balaban J connectivity index is 1.16. The zero-order valence-corrected chi connectivity index (χ0v) is 33.3. The molecule has 7 aromatic carbocycles. The third kappa shape index (κ3) is 5.57. The molecule has 0 N–H and O–H groups in total. The van der Waals surface area contributed by atoms with E-state index in [0.29, 0.717) is 18.2 Å². The lowest BCUT2D eigenvalue weighted by molar-refractivity contribution is 0.661. The molecule has 5 heteroatoms. The Morgan fingerprint density at radius 2 is 1.14 bits per heavy atom. The van der Waals surface area contributed by atoms with E-state index >= 15 is 0 Å². The SMILES string of the molecule is C/C=C\C=C/Cc1nc(-c2ccccc2)nc(-n2c3ccc(-c4ccc5c(c4)c4ccccc4n5-c4ccccc4)cc3c3cc4c(cc32)-c2ccccc2C4(C)C)n1. The summed E-state index contributed by atoms with van der Waals surface area (Å²) >= 11 is 0. The van der Waals surface area contributed by atoms with E-state index in [1.165, 1.54) is 55.0 Å². The fraction of sp³-hybridized carbons (Fsp3) is 0.0926. The van der Waals surface area contributed by atoms with Gasteiger partial charge in [-0.25, -0.2) is 4.98 Å². The fourth-order valence-electron chi connectivity index (χ4n) is 9.29. The zero-order chi connectivity index (χ0) is 39.7. The van der Waals surface area contributed by atoms with E-state index in [9.17, 15) is 0 Å². The predicted octanol–water partition coefficient (Wildman–Crippen LogP) is 13.4. The number of hydrogen-bond donors (Lipinski definition) is 0. The van der Waals surface area contributed by atoms with Gasteiger partial charge in [0.2, 0.25) is 5.95 Å². The Kier molecular flexibility index (Phi) is 8.05. The van der Waals surface area contributed by atoms with Crippen LogP contribution in [0.4, 0.5) is 0 Å². The molecule has 1 aliphatic rings. The summed E-state index contributed by atoms with van der Waals surface area (Å²) in [6.45, 7) is 6.72. The monoisotopic (exact) mass is 759 g/mol. The van der Waals surface area contributed by atoms with E-state index in [0.717, 1.165) is 39.1 Å². The van der Waals surface area contributed by atoms with Crippen molar-refractivity contribution >= 4 is 43.6 Å². The molecule has 10 aromatic rings. The molecule has 0 atom stereocenters. The van der Waals surface area contributed by atoms with Crippen molar-refractivity contribution in [3.05, 3.63) is 199 Å². The summed E-state index contributed by atoms with van der Waals surface area (Å²) in [6, 6.07) is 57.0. The second-order valence-electron chi connectivity index (χ2n) is 16.0. The molecule has 282 valence electrons. The molecule has 0 radical (unpaired) electrons. The average molecular weight is 760 g/mol. The molecule has 59 heavy (non-hydrogen) atoms. The Morgan fingerprint density at radius 3 is 1.92 bits per heavy atom. The quantitative estimate of drug-likeness (QED) is 0.152. The maximum Gasteiger partial charge on any atom is 0.238 e. The van der Waals surface area contributed by atoms with Gasteiger partial charge < -0.3 is 4.57 Å². The molecule has 0 unspecified atom stereocenters. The van der Waals surface area contributed by atoms with E-state index in [2.05, 4.69) is 169 Å². The van der Waals surface area contributed by atoms with Crippen LogP contribution < -0.4 is 0 Å². The number of nitrogens with zero attached hydrogens (tertiary/aromatic N) is 5. The van der Waals surface area contributed by atoms with Crippen LogP contribution in [-0.2, 0) is 11.8 Å². The molecular weight excluding hydrogens is 719 g/mol. The third-order valence-corrected chi connectivity index (χ3v) is 12.1. The lowest BCUT2D eigenvalue weighted by Gasteiger charge is -2.21. The molecule has 0 spiro atoms. The molecule has 0 amide bonds. The van der Waals surface area contributed by atoms with E-state index < -0.39 is 0 Å². The minimum Gasteiger partial charge on any atom is -0.309 e. The van der Waals surface area contributed by atoms with Crippen LogP contribution in [-0.4, -0.2) is 24.1 Å². The van der Waals surface area contributed by atoms with Crippen molar-refractivity contribution in [1.29, 1.82) is 0 Å². The first-order valence-corrected chi connectivity index (χ1v) is 20.4. The van der Waals surface area contributed by atoms with E-state index in [1.807, 2.05) is 43.4 Å². The van der Waals surface area contributed by atoms with Gasteiger partial charge in [-0.15, -0.1) is 0 Å². The van der Waals surface area contributed by atoms with Gasteiger partial charge in [0.1, 0.15) is 5.82 Å². The number of fused-ring (bicyclic) bond motifs is 9. The Labute approximate surface area is 343 Å². The minimum atomic E-state index is -0.149. The van der Waals surface area contributed by atoms with Crippen molar-refractivity contribution in [3.8, 4) is 45.3 Å². The Bertz CT molecular complexity index is 3330. The molecule has 0 bridgehead atoms. The van der Waals surface area contributed by atoms with E-state index in [1.54, 1.807) is 0 Å². The molecule has 5 nitrogen and oxygen atoms in total. The highest BCUT2D eigenvalue weighted by Gasteiger charge is 2.36. The molecule has 0 fully saturated rings. The molecule has 3 heterocycles. The van der Waals surface area contributed by atoms with Gasteiger partial charge in [0.05, 0.1) is 22.1 Å². The van der Waals surface area contributed by atoms with Gasteiger partial charge in [-0.3, -0.25) is 4.57 Å². The third-order valence-electron chi connectivity index (χ3n) is 12.1. The highest BCUT2D eigenvalue weighted by molar-refractivity contribution is 6.13. The molecule has 11 rings (SSSR count). The van der Waals surface area contributed by atoms with Crippen LogP contribution in [0.25, 0.3) is 88.9 Å². The summed E-state index contributed by atoms with van der Waals surface area (Å²) in [5.41, 5.74) is 14.0. The van der Waals surface area contributed by atoms with Gasteiger partial charge in [-0.1, -0.05) is 141 Å². The van der Waals surface area contributed by atoms with E-state index in [4.69, 9.17) is 15.0 Å². The van der Waals surface area contributed by atoms with Crippen molar-refractivity contribution < 1.29 is 0 Å². The normalized spacial score (nSPS) is 13.4. The predicted molar refractivity (Wildman–Crippen MR) is 245 cm³/mol. The molecule has 0 saturated heterocycles. The number of rotatable bonds is 7. The van der Waals surface area contributed by atoms with Crippen LogP contribution in [0.15, 0.2) is 182 Å². The van der Waals surface area contributed by atoms with Crippen LogP contribution in [0, 0.1) is 0 Å². The largest absolute Gasteiger partial charge is 0.309 e. The van der Waals surface area contributed by atoms with Crippen molar-refractivity contribution in [1.82, 2.24) is 24.1 Å². The average Bonchev–Trinajstić information content (AvgIpc) is 3.87. The second-order valence-corrected chi connectivity index (χ2v) is 16.0. The first-order valence-electron chi connectivity index (χ1n) is 20.4. The van der Waals surface area contributed by atoms with Crippen molar-refractivity contribution in [2.24, 2.45) is 0 Å². The van der Waals surface area contributed by atoms with Crippen LogP contribution in [0.5, 0.6) is 0 Å². The molecule has 0 saturated carbocycles. The molecular formula is C54H41N5. The number of para-hydroxylation sites is 2. The minimum absolute atomic E-state index is 0.149.